The standard InChI is InChI=1S/C16H30N2O2/c1-13(20-15-9-4-2-3-5-10-15)16(19)18-11-7-6-8-14(18)12-17/h13-15H,2-12,17H2,1H3. The molecule has 0 spiro atoms. The molecular weight excluding hydrogens is 252 g/mol. The van der Waals surface area contributed by atoms with Crippen molar-refractivity contribution in [3.8, 4) is 0 Å². The molecule has 2 aliphatic rings. The van der Waals surface area contributed by atoms with Gasteiger partial charge in [0.15, 0.2) is 0 Å². The van der Waals surface area contributed by atoms with E-state index >= 15 is 0 Å². The van der Waals surface area contributed by atoms with E-state index in [-0.39, 0.29) is 24.2 Å². The van der Waals surface area contributed by atoms with Gasteiger partial charge in [-0.1, -0.05) is 25.7 Å². The molecule has 1 amide bonds. The highest BCUT2D eigenvalue weighted by Crippen LogP contribution is 2.23. The third-order valence-corrected chi connectivity index (χ3v) is 4.73. The third kappa shape index (κ3) is 4.19. The van der Waals surface area contributed by atoms with E-state index in [2.05, 4.69) is 0 Å². The van der Waals surface area contributed by atoms with Crippen LogP contribution in [0.2, 0.25) is 0 Å². The maximum absolute atomic E-state index is 12.6. The number of nitrogens with two attached hydrogens (primary N) is 1. The second-order valence-electron chi connectivity index (χ2n) is 6.31. The predicted molar refractivity (Wildman–Crippen MR) is 80.4 cm³/mol. The van der Waals surface area contributed by atoms with Gasteiger partial charge in [0.2, 0.25) is 0 Å². The van der Waals surface area contributed by atoms with Crippen LogP contribution in [0.3, 0.4) is 0 Å². The number of rotatable bonds is 4. The van der Waals surface area contributed by atoms with Crippen LogP contribution in [0.25, 0.3) is 0 Å². The van der Waals surface area contributed by atoms with E-state index in [4.69, 9.17) is 10.5 Å². The highest BCUT2D eigenvalue weighted by molar-refractivity contribution is 5.81. The SMILES string of the molecule is CC(OC1CCCCCC1)C(=O)N1CCCCC1CN. The molecule has 2 fully saturated rings. The summed E-state index contributed by atoms with van der Waals surface area (Å²) in [6, 6.07) is 0.219. The number of amides is 1. The number of hydrogen-bond donors (Lipinski definition) is 1. The number of carbonyl (C=O) groups excluding carboxylic acids is 1. The molecule has 4 heteroatoms. The van der Waals surface area contributed by atoms with E-state index in [9.17, 15) is 4.79 Å². The summed E-state index contributed by atoms with van der Waals surface area (Å²) >= 11 is 0. The van der Waals surface area contributed by atoms with Crippen LogP contribution in [-0.2, 0) is 9.53 Å². The first-order valence-electron chi connectivity index (χ1n) is 8.38. The topological polar surface area (TPSA) is 55.6 Å². The molecule has 2 atom stereocenters. The molecule has 116 valence electrons. The first-order valence-corrected chi connectivity index (χ1v) is 8.38. The van der Waals surface area contributed by atoms with Crippen LogP contribution in [0.1, 0.15) is 64.7 Å². The number of hydrogen-bond acceptors (Lipinski definition) is 3. The smallest absolute Gasteiger partial charge is 0.251 e. The summed E-state index contributed by atoms with van der Waals surface area (Å²) in [5.74, 6) is 0.143. The van der Waals surface area contributed by atoms with Gasteiger partial charge in [-0.05, 0) is 39.0 Å². The average molecular weight is 282 g/mol. The van der Waals surface area contributed by atoms with Gasteiger partial charge < -0.3 is 15.4 Å². The maximum Gasteiger partial charge on any atom is 0.251 e. The monoisotopic (exact) mass is 282 g/mol. The van der Waals surface area contributed by atoms with Crippen molar-refractivity contribution in [1.82, 2.24) is 4.90 Å². The Balaban J connectivity index is 1.86. The lowest BCUT2D eigenvalue weighted by molar-refractivity contribution is -0.150. The molecular formula is C16H30N2O2. The number of ether oxygens (including phenoxy) is 1. The zero-order valence-electron chi connectivity index (χ0n) is 12.9. The second kappa shape index (κ2) is 7.99. The summed E-state index contributed by atoms with van der Waals surface area (Å²) in [7, 11) is 0. The largest absolute Gasteiger partial charge is 0.365 e. The summed E-state index contributed by atoms with van der Waals surface area (Å²) in [6.45, 7) is 3.33. The van der Waals surface area contributed by atoms with Crippen LogP contribution in [0.5, 0.6) is 0 Å². The van der Waals surface area contributed by atoms with Crippen LogP contribution in [0.15, 0.2) is 0 Å². The van der Waals surface area contributed by atoms with Crippen molar-refractivity contribution in [2.75, 3.05) is 13.1 Å². The number of likely N-dealkylation sites (tertiary alicyclic amines) is 1. The number of nitrogens with zero attached hydrogens (tertiary/aromatic N) is 1. The Morgan fingerprint density at radius 2 is 1.80 bits per heavy atom. The average Bonchev–Trinajstić information content (AvgIpc) is 2.75. The Morgan fingerprint density at radius 3 is 2.45 bits per heavy atom. The molecule has 0 aromatic rings. The van der Waals surface area contributed by atoms with Crippen molar-refractivity contribution in [3.05, 3.63) is 0 Å². The Morgan fingerprint density at radius 1 is 1.15 bits per heavy atom. The van der Waals surface area contributed by atoms with Gasteiger partial charge in [-0.3, -0.25) is 4.79 Å². The minimum atomic E-state index is -0.315. The zero-order chi connectivity index (χ0) is 14.4. The zero-order valence-corrected chi connectivity index (χ0v) is 12.9. The van der Waals surface area contributed by atoms with Crippen LogP contribution >= 0.6 is 0 Å². The van der Waals surface area contributed by atoms with E-state index in [1.165, 1.54) is 32.1 Å². The van der Waals surface area contributed by atoms with Gasteiger partial charge in [0, 0.05) is 19.1 Å². The molecule has 2 rings (SSSR count). The molecule has 0 bridgehead atoms. The molecule has 1 aliphatic heterocycles. The Kier molecular flexibility index (Phi) is 6.30. The summed E-state index contributed by atoms with van der Waals surface area (Å²) in [6.07, 6.45) is 10.6. The van der Waals surface area contributed by atoms with Crippen LogP contribution in [0.4, 0.5) is 0 Å². The van der Waals surface area contributed by atoms with Gasteiger partial charge in [-0.2, -0.15) is 0 Å². The predicted octanol–water partition coefficient (Wildman–Crippen LogP) is 2.45. The molecule has 1 aliphatic carbocycles. The van der Waals surface area contributed by atoms with Crippen molar-refractivity contribution >= 4 is 5.91 Å². The van der Waals surface area contributed by atoms with Gasteiger partial charge in [0.25, 0.3) is 5.91 Å². The molecule has 2 N–H and O–H groups in total. The number of piperidine rings is 1. The van der Waals surface area contributed by atoms with E-state index < -0.39 is 0 Å². The summed E-state index contributed by atoms with van der Waals surface area (Å²) in [5.41, 5.74) is 5.80. The molecule has 20 heavy (non-hydrogen) atoms. The molecule has 1 saturated carbocycles. The lowest BCUT2D eigenvalue weighted by Crippen LogP contribution is -2.51. The second-order valence-corrected chi connectivity index (χ2v) is 6.31. The van der Waals surface area contributed by atoms with Crippen molar-refractivity contribution in [2.24, 2.45) is 5.73 Å². The maximum atomic E-state index is 12.6. The van der Waals surface area contributed by atoms with Gasteiger partial charge >= 0.3 is 0 Å². The Labute approximate surface area is 123 Å². The third-order valence-electron chi connectivity index (χ3n) is 4.73. The van der Waals surface area contributed by atoms with Crippen LogP contribution in [-0.4, -0.2) is 42.1 Å². The fourth-order valence-corrected chi connectivity index (χ4v) is 3.49. The number of carbonyl (C=O) groups is 1. The highest BCUT2D eigenvalue weighted by Gasteiger charge is 2.30. The van der Waals surface area contributed by atoms with Crippen molar-refractivity contribution in [1.29, 1.82) is 0 Å². The molecule has 0 aromatic carbocycles. The van der Waals surface area contributed by atoms with Crippen molar-refractivity contribution in [2.45, 2.75) is 83.0 Å². The van der Waals surface area contributed by atoms with Gasteiger partial charge in [0.05, 0.1) is 6.10 Å². The van der Waals surface area contributed by atoms with Crippen LogP contribution in [0, 0.1) is 0 Å². The molecule has 2 unspecified atom stereocenters. The fourth-order valence-electron chi connectivity index (χ4n) is 3.49. The van der Waals surface area contributed by atoms with Crippen LogP contribution < -0.4 is 5.73 Å². The van der Waals surface area contributed by atoms with E-state index in [1.807, 2.05) is 11.8 Å². The molecule has 1 saturated heterocycles. The van der Waals surface area contributed by atoms with Gasteiger partial charge in [0.1, 0.15) is 6.10 Å². The first-order chi connectivity index (χ1) is 9.72. The molecule has 1 heterocycles. The normalized spacial score (nSPS) is 27.1. The van der Waals surface area contributed by atoms with Crippen molar-refractivity contribution in [3.63, 3.8) is 0 Å². The lowest BCUT2D eigenvalue weighted by atomic mass is 10.0. The highest BCUT2D eigenvalue weighted by atomic mass is 16.5. The van der Waals surface area contributed by atoms with Gasteiger partial charge in [-0.25, -0.2) is 0 Å². The molecule has 4 nitrogen and oxygen atoms in total. The summed E-state index contributed by atoms with van der Waals surface area (Å²) in [4.78, 5) is 14.5. The molecule has 0 radical (unpaired) electrons. The van der Waals surface area contributed by atoms with Crippen molar-refractivity contribution < 1.29 is 9.53 Å². The van der Waals surface area contributed by atoms with E-state index in [0.29, 0.717) is 6.54 Å². The molecule has 0 aromatic heterocycles. The van der Waals surface area contributed by atoms with E-state index in [1.54, 1.807) is 0 Å². The summed E-state index contributed by atoms with van der Waals surface area (Å²) < 4.78 is 6.05. The lowest BCUT2D eigenvalue weighted by Gasteiger charge is -2.37. The summed E-state index contributed by atoms with van der Waals surface area (Å²) in [5, 5.41) is 0. The van der Waals surface area contributed by atoms with Gasteiger partial charge in [-0.15, -0.1) is 0 Å². The fraction of sp³-hybridized carbons (Fsp3) is 0.938. The first kappa shape index (κ1) is 15.8. The minimum Gasteiger partial charge on any atom is -0.365 e. The van der Waals surface area contributed by atoms with E-state index in [0.717, 1.165) is 32.2 Å². The Bertz CT molecular complexity index is 301. The Hall–Kier alpha value is -0.610. The minimum absolute atomic E-state index is 0.143. The quantitative estimate of drug-likeness (QED) is 0.806.